The number of hydrogen-bond donors (Lipinski definition) is 1. The molecule has 0 amide bonds. The summed E-state index contributed by atoms with van der Waals surface area (Å²) in [5.41, 5.74) is 0.822. The number of aryl methyl sites for hydroxylation is 3. The second-order valence-electron chi connectivity index (χ2n) is 3.65. The molecule has 0 aliphatic heterocycles. The van der Waals surface area contributed by atoms with Crippen LogP contribution in [0.1, 0.15) is 11.5 Å². The molecule has 0 saturated heterocycles. The van der Waals surface area contributed by atoms with Gasteiger partial charge in [0.25, 0.3) is 0 Å². The maximum atomic E-state index is 8.76. The lowest BCUT2D eigenvalue weighted by atomic mass is 10.3. The lowest BCUT2D eigenvalue weighted by Crippen LogP contribution is -2.06. The van der Waals surface area contributed by atoms with E-state index in [1.54, 1.807) is 10.9 Å². The minimum atomic E-state index is 0.109. The van der Waals surface area contributed by atoms with Gasteiger partial charge >= 0.3 is 0 Å². The number of nitrogens with zero attached hydrogens (tertiary/aromatic N) is 5. The Labute approximate surface area is 93.5 Å². The summed E-state index contributed by atoms with van der Waals surface area (Å²) in [7, 11) is 1.97. The molecule has 0 fully saturated rings. The Morgan fingerprint density at radius 1 is 1.38 bits per heavy atom. The summed E-state index contributed by atoms with van der Waals surface area (Å²) >= 11 is 0. The fraction of sp³-hybridized carbons (Fsp3) is 0.500. The SMILES string of the molecule is Cn1ccnc1CCn1cc(CCO)nn1. The molecular weight excluding hydrogens is 206 g/mol. The Bertz CT molecular complexity index is 448. The Morgan fingerprint density at radius 3 is 2.94 bits per heavy atom. The molecule has 86 valence electrons. The van der Waals surface area contributed by atoms with Crippen molar-refractivity contribution in [1.82, 2.24) is 24.5 Å². The number of aromatic nitrogens is 5. The van der Waals surface area contributed by atoms with E-state index in [0.29, 0.717) is 6.42 Å². The zero-order valence-corrected chi connectivity index (χ0v) is 9.24. The molecule has 16 heavy (non-hydrogen) atoms. The lowest BCUT2D eigenvalue weighted by Gasteiger charge is -2.00. The average molecular weight is 221 g/mol. The maximum absolute atomic E-state index is 8.76. The molecule has 2 aromatic rings. The van der Waals surface area contributed by atoms with E-state index in [1.807, 2.05) is 24.0 Å². The van der Waals surface area contributed by atoms with Gasteiger partial charge in [0.2, 0.25) is 0 Å². The van der Waals surface area contributed by atoms with Gasteiger partial charge < -0.3 is 9.67 Å². The first-order valence-corrected chi connectivity index (χ1v) is 5.25. The van der Waals surface area contributed by atoms with Gasteiger partial charge in [0.05, 0.1) is 5.69 Å². The minimum Gasteiger partial charge on any atom is -0.396 e. The normalized spacial score (nSPS) is 10.9. The number of aliphatic hydroxyl groups excluding tert-OH is 1. The van der Waals surface area contributed by atoms with Crippen LogP contribution < -0.4 is 0 Å². The molecule has 0 unspecified atom stereocenters. The van der Waals surface area contributed by atoms with Crippen molar-refractivity contribution < 1.29 is 5.11 Å². The zero-order chi connectivity index (χ0) is 11.4. The molecule has 0 aliphatic rings. The largest absolute Gasteiger partial charge is 0.396 e. The number of rotatable bonds is 5. The van der Waals surface area contributed by atoms with Crippen molar-refractivity contribution in [3.8, 4) is 0 Å². The summed E-state index contributed by atoms with van der Waals surface area (Å²) in [6.45, 7) is 0.862. The minimum absolute atomic E-state index is 0.109. The van der Waals surface area contributed by atoms with Crippen LogP contribution in [-0.4, -0.2) is 36.3 Å². The van der Waals surface area contributed by atoms with E-state index in [4.69, 9.17) is 5.11 Å². The number of imidazole rings is 1. The summed E-state index contributed by atoms with van der Waals surface area (Å²) in [6, 6.07) is 0. The van der Waals surface area contributed by atoms with E-state index in [2.05, 4.69) is 15.3 Å². The molecule has 2 heterocycles. The van der Waals surface area contributed by atoms with Crippen LogP contribution in [0, 0.1) is 0 Å². The molecular formula is C10H15N5O. The van der Waals surface area contributed by atoms with Crippen LogP contribution in [0.5, 0.6) is 0 Å². The molecule has 0 spiro atoms. The van der Waals surface area contributed by atoms with Crippen LogP contribution in [0.3, 0.4) is 0 Å². The van der Waals surface area contributed by atoms with Crippen molar-refractivity contribution in [2.24, 2.45) is 7.05 Å². The van der Waals surface area contributed by atoms with Crippen LogP contribution in [0.4, 0.5) is 0 Å². The Kier molecular flexibility index (Phi) is 3.31. The predicted octanol–water partition coefficient (Wildman–Crippen LogP) is -0.211. The highest BCUT2D eigenvalue weighted by Crippen LogP contribution is 1.99. The quantitative estimate of drug-likeness (QED) is 0.758. The summed E-state index contributed by atoms with van der Waals surface area (Å²) < 4.78 is 3.77. The maximum Gasteiger partial charge on any atom is 0.110 e. The highest BCUT2D eigenvalue weighted by atomic mass is 16.3. The number of aliphatic hydroxyl groups is 1. The fourth-order valence-electron chi connectivity index (χ4n) is 1.53. The van der Waals surface area contributed by atoms with Crippen molar-refractivity contribution in [2.45, 2.75) is 19.4 Å². The molecule has 6 nitrogen and oxygen atoms in total. The van der Waals surface area contributed by atoms with Crippen molar-refractivity contribution in [1.29, 1.82) is 0 Å². The Hall–Kier alpha value is -1.69. The standard InChI is InChI=1S/C10H15N5O/c1-14-6-4-11-10(14)2-5-15-8-9(3-7-16)12-13-15/h4,6,8,16H,2-3,5,7H2,1H3. The summed E-state index contributed by atoms with van der Waals surface area (Å²) in [5, 5.41) is 16.7. The summed E-state index contributed by atoms with van der Waals surface area (Å²) in [6.07, 6.45) is 6.95. The van der Waals surface area contributed by atoms with Crippen LogP contribution in [0.25, 0.3) is 0 Å². The van der Waals surface area contributed by atoms with Crippen molar-refractivity contribution in [3.05, 3.63) is 30.1 Å². The third-order valence-electron chi connectivity index (χ3n) is 2.44. The van der Waals surface area contributed by atoms with Gasteiger partial charge in [0.1, 0.15) is 5.82 Å². The number of hydrogen-bond acceptors (Lipinski definition) is 4. The van der Waals surface area contributed by atoms with Gasteiger partial charge in [-0.2, -0.15) is 0 Å². The van der Waals surface area contributed by atoms with Crippen molar-refractivity contribution in [2.75, 3.05) is 6.61 Å². The van der Waals surface area contributed by atoms with Crippen LogP contribution in [0.15, 0.2) is 18.6 Å². The zero-order valence-electron chi connectivity index (χ0n) is 9.24. The monoisotopic (exact) mass is 221 g/mol. The average Bonchev–Trinajstić information content (AvgIpc) is 2.86. The molecule has 0 atom stereocenters. The molecule has 0 bridgehead atoms. The van der Waals surface area contributed by atoms with E-state index in [9.17, 15) is 0 Å². The lowest BCUT2D eigenvalue weighted by molar-refractivity contribution is 0.298. The van der Waals surface area contributed by atoms with E-state index >= 15 is 0 Å². The van der Waals surface area contributed by atoms with Crippen LogP contribution >= 0.6 is 0 Å². The first kappa shape index (κ1) is 10.8. The van der Waals surface area contributed by atoms with Gasteiger partial charge in [-0.3, -0.25) is 4.68 Å². The molecule has 2 aromatic heterocycles. The van der Waals surface area contributed by atoms with Crippen LogP contribution in [0.2, 0.25) is 0 Å². The van der Waals surface area contributed by atoms with E-state index in [1.165, 1.54) is 0 Å². The Balaban J connectivity index is 1.92. The second-order valence-corrected chi connectivity index (χ2v) is 3.65. The summed E-state index contributed by atoms with van der Waals surface area (Å²) in [4.78, 5) is 4.24. The van der Waals surface area contributed by atoms with Gasteiger partial charge in [-0.15, -0.1) is 5.10 Å². The fourth-order valence-corrected chi connectivity index (χ4v) is 1.53. The third kappa shape index (κ3) is 2.46. The molecule has 1 N–H and O–H groups in total. The Morgan fingerprint density at radius 2 is 2.25 bits per heavy atom. The van der Waals surface area contributed by atoms with E-state index < -0.39 is 0 Å². The van der Waals surface area contributed by atoms with Gasteiger partial charge in [0.15, 0.2) is 0 Å². The van der Waals surface area contributed by atoms with Gasteiger partial charge in [0, 0.05) is 51.6 Å². The highest BCUT2D eigenvalue weighted by Gasteiger charge is 2.02. The molecule has 0 aliphatic carbocycles. The molecule has 0 radical (unpaired) electrons. The first-order valence-electron chi connectivity index (χ1n) is 5.25. The third-order valence-corrected chi connectivity index (χ3v) is 2.44. The first-order chi connectivity index (χ1) is 7.79. The molecule has 0 saturated carbocycles. The highest BCUT2D eigenvalue weighted by molar-refractivity contribution is 4.94. The van der Waals surface area contributed by atoms with E-state index in [-0.39, 0.29) is 6.61 Å². The molecule has 2 rings (SSSR count). The van der Waals surface area contributed by atoms with Crippen molar-refractivity contribution in [3.63, 3.8) is 0 Å². The second kappa shape index (κ2) is 4.89. The van der Waals surface area contributed by atoms with Crippen molar-refractivity contribution >= 4 is 0 Å². The van der Waals surface area contributed by atoms with Crippen LogP contribution in [-0.2, 0) is 26.4 Å². The molecule has 0 aromatic carbocycles. The van der Waals surface area contributed by atoms with Gasteiger partial charge in [-0.25, -0.2) is 4.98 Å². The van der Waals surface area contributed by atoms with E-state index in [0.717, 1.165) is 24.5 Å². The molecule has 6 heteroatoms. The van der Waals surface area contributed by atoms with Gasteiger partial charge in [-0.1, -0.05) is 5.21 Å². The van der Waals surface area contributed by atoms with Gasteiger partial charge in [-0.05, 0) is 0 Å². The summed E-state index contributed by atoms with van der Waals surface area (Å²) in [5.74, 6) is 1.03. The smallest absolute Gasteiger partial charge is 0.110 e. The predicted molar refractivity (Wildman–Crippen MR) is 57.7 cm³/mol. The topological polar surface area (TPSA) is 68.8 Å².